The molecule has 4 amide bonds. The van der Waals surface area contributed by atoms with Crippen molar-refractivity contribution in [3.8, 4) is 17.2 Å². The van der Waals surface area contributed by atoms with Gasteiger partial charge in [0.1, 0.15) is 29.4 Å². The Hall–Kier alpha value is -5.19. The molecule has 11 nitrogen and oxygen atoms in total. The Balaban J connectivity index is 1.65. The minimum atomic E-state index is -0.877. The van der Waals surface area contributed by atoms with E-state index in [0.717, 1.165) is 4.90 Å². The Kier molecular flexibility index (Phi) is 7.66. The third kappa shape index (κ3) is 5.62. The van der Waals surface area contributed by atoms with Crippen molar-refractivity contribution >= 4 is 35.3 Å². The van der Waals surface area contributed by atoms with Crippen molar-refractivity contribution in [1.29, 1.82) is 0 Å². The number of nitrogens with one attached hydrogen (secondary N) is 1. The van der Waals surface area contributed by atoms with E-state index in [0.29, 0.717) is 29.2 Å². The summed E-state index contributed by atoms with van der Waals surface area (Å²) in [5, 5.41) is 13.3. The van der Waals surface area contributed by atoms with Crippen LogP contribution in [0.25, 0.3) is 6.08 Å². The number of carbonyl (C=O) groups excluding carboxylic acids is 3. The van der Waals surface area contributed by atoms with Crippen molar-refractivity contribution in [1.82, 2.24) is 5.32 Å². The highest BCUT2D eigenvalue weighted by atomic mass is 16.6. The zero-order chi connectivity index (χ0) is 27.2. The number of anilines is 1. The summed E-state index contributed by atoms with van der Waals surface area (Å²) in [7, 11) is 1.47. The molecule has 0 spiro atoms. The predicted octanol–water partition coefficient (Wildman–Crippen LogP) is 4.25. The van der Waals surface area contributed by atoms with E-state index < -0.39 is 22.8 Å². The van der Waals surface area contributed by atoms with E-state index >= 15 is 0 Å². The summed E-state index contributed by atoms with van der Waals surface area (Å²) < 4.78 is 16.6. The van der Waals surface area contributed by atoms with Gasteiger partial charge in [0.2, 0.25) is 0 Å². The summed E-state index contributed by atoms with van der Waals surface area (Å²) in [6.45, 7) is 2.26. The number of nitrogens with zero attached hydrogens (tertiary/aromatic N) is 2. The number of ether oxygens (including phenoxy) is 3. The first-order valence-corrected chi connectivity index (χ1v) is 11.5. The number of hydrogen-bond acceptors (Lipinski definition) is 8. The van der Waals surface area contributed by atoms with E-state index in [2.05, 4.69) is 5.32 Å². The van der Waals surface area contributed by atoms with Gasteiger partial charge in [0.15, 0.2) is 0 Å². The van der Waals surface area contributed by atoms with Crippen LogP contribution in [0.2, 0.25) is 0 Å². The molecule has 1 aliphatic heterocycles. The van der Waals surface area contributed by atoms with Crippen molar-refractivity contribution in [2.75, 3.05) is 18.6 Å². The predicted molar refractivity (Wildman–Crippen MR) is 137 cm³/mol. The summed E-state index contributed by atoms with van der Waals surface area (Å²) in [6, 6.07) is 16.2. The Labute approximate surface area is 217 Å². The number of benzene rings is 3. The molecule has 4 rings (SSSR count). The zero-order valence-corrected chi connectivity index (χ0v) is 20.5. The van der Waals surface area contributed by atoms with Gasteiger partial charge in [0.25, 0.3) is 17.5 Å². The summed E-state index contributed by atoms with van der Waals surface area (Å²) in [5.41, 5.74) is 0.785. The van der Waals surface area contributed by atoms with Gasteiger partial charge in [-0.15, -0.1) is 0 Å². The van der Waals surface area contributed by atoms with Crippen LogP contribution in [-0.4, -0.2) is 36.5 Å². The lowest BCUT2D eigenvalue weighted by Gasteiger charge is -2.26. The van der Waals surface area contributed by atoms with Crippen LogP contribution in [0.4, 0.5) is 16.2 Å². The number of non-ortho nitro benzene ring substituents is 1. The molecule has 3 aromatic carbocycles. The fourth-order valence-corrected chi connectivity index (χ4v) is 3.71. The number of urea groups is 1. The highest BCUT2D eigenvalue weighted by molar-refractivity contribution is 6.39. The minimum Gasteiger partial charge on any atom is -0.497 e. The number of amides is 4. The Morgan fingerprint density at radius 1 is 0.974 bits per heavy atom. The molecule has 38 heavy (non-hydrogen) atoms. The number of nitro groups is 1. The lowest BCUT2D eigenvalue weighted by molar-refractivity contribution is -0.384. The highest BCUT2D eigenvalue weighted by Crippen LogP contribution is 2.30. The molecular formula is C27H23N3O8. The number of imide groups is 2. The standard InChI is InChI=1S/C27H23N3O8/c1-3-37-21-11-8-19(9-12-21)29-26(32)23(25(31)28-27(29)33)14-18-7-10-22(36-2)15-24(18)38-16-17-5-4-6-20(13-17)30(34)35/h4-15H,3,16H2,1-2H3,(H,28,31,33)/b23-14+. The molecule has 1 saturated heterocycles. The number of methoxy groups -OCH3 is 1. The maximum Gasteiger partial charge on any atom is 0.335 e. The molecule has 0 saturated carbocycles. The van der Waals surface area contributed by atoms with Gasteiger partial charge in [-0.1, -0.05) is 12.1 Å². The van der Waals surface area contributed by atoms with Gasteiger partial charge >= 0.3 is 6.03 Å². The molecule has 1 N–H and O–H groups in total. The van der Waals surface area contributed by atoms with Gasteiger partial charge in [0, 0.05) is 23.8 Å². The van der Waals surface area contributed by atoms with E-state index in [9.17, 15) is 24.5 Å². The molecule has 1 fully saturated rings. The quantitative estimate of drug-likeness (QED) is 0.192. The fraction of sp³-hybridized carbons (Fsp3) is 0.148. The van der Waals surface area contributed by atoms with Gasteiger partial charge < -0.3 is 14.2 Å². The normalized spacial score (nSPS) is 14.3. The Bertz CT molecular complexity index is 1430. The largest absolute Gasteiger partial charge is 0.497 e. The molecule has 0 unspecified atom stereocenters. The molecule has 0 radical (unpaired) electrons. The number of nitro benzene ring substituents is 1. The minimum absolute atomic E-state index is 0.0258. The molecule has 3 aromatic rings. The lowest BCUT2D eigenvalue weighted by atomic mass is 10.1. The Morgan fingerprint density at radius 3 is 2.39 bits per heavy atom. The maximum atomic E-state index is 13.3. The van der Waals surface area contributed by atoms with E-state index in [1.807, 2.05) is 6.92 Å². The molecule has 1 aliphatic rings. The van der Waals surface area contributed by atoms with Gasteiger partial charge in [-0.25, -0.2) is 9.69 Å². The number of hydrogen-bond donors (Lipinski definition) is 1. The average molecular weight is 517 g/mol. The number of rotatable bonds is 9. The SMILES string of the molecule is CCOc1ccc(N2C(=O)NC(=O)/C(=C\c3ccc(OC)cc3OCc3cccc([N+](=O)[O-])c3)C2=O)cc1. The second-order valence-electron chi connectivity index (χ2n) is 8.00. The van der Waals surface area contributed by atoms with Crippen LogP contribution in [0.5, 0.6) is 17.2 Å². The first-order chi connectivity index (χ1) is 18.3. The summed E-state index contributed by atoms with van der Waals surface area (Å²) in [5.74, 6) is -0.400. The van der Waals surface area contributed by atoms with Gasteiger partial charge in [-0.2, -0.15) is 0 Å². The van der Waals surface area contributed by atoms with E-state index in [1.165, 1.54) is 37.5 Å². The first-order valence-electron chi connectivity index (χ1n) is 11.5. The van der Waals surface area contributed by atoms with Crippen LogP contribution in [0.3, 0.4) is 0 Å². The van der Waals surface area contributed by atoms with Crippen molar-refractivity contribution in [3.05, 3.63) is 93.5 Å². The molecule has 0 bridgehead atoms. The van der Waals surface area contributed by atoms with Gasteiger partial charge in [-0.05, 0) is 55.0 Å². The molecule has 0 aliphatic carbocycles. The third-order valence-corrected chi connectivity index (χ3v) is 5.54. The summed E-state index contributed by atoms with van der Waals surface area (Å²) in [6.07, 6.45) is 1.31. The van der Waals surface area contributed by atoms with E-state index in [4.69, 9.17) is 14.2 Å². The molecule has 11 heteroatoms. The molecule has 194 valence electrons. The summed E-state index contributed by atoms with van der Waals surface area (Å²) >= 11 is 0. The monoisotopic (exact) mass is 517 g/mol. The maximum absolute atomic E-state index is 13.3. The second-order valence-corrected chi connectivity index (χ2v) is 8.00. The summed E-state index contributed by atoms with van der Waals surface area (Å²) in [4.78, 5) is 49.9. The zero-order valence-electron chi connectivity index (χ0n) is 20.5. The van der Waals surface area contributed by atoms with Crippen molar-refractivity contribution in [2.45, 2.75) is 13.5 Å². The molecular weight excluding hydrogens is 494 g/mol. The number of barbiturate groups is 1. The topological polar surface area (TPSA) is 137 Å². The molecule has 1 heterocycles. The Morgan fingerprint density at radius 2 is 1.71 bits per heavy atom. The van der Waals surface area contributed by atoms with Crippen LogP contribution in [0, 0.1) is 10.1 Å². The lowest BCUT2D eigenvalue weighted by Crippen LogP contribution is -2.54. The van der Waals surface area contributed by atoms with Crippen molar-refractivity contribution < 1.29 is 33.5 Å². The average Bonchev–Trinajstić information content (AvgIpc) is 2.91. The van der Waals surface area contributed by atoms with Crippen LogP contribution in [0.1, 0.15) is 18.1 Å². The third-order valence-electron chi connectivity index (χ3n) is 5.54. The highest BCUT2D eigenvalue weighted by Gasteiger charge is 2.37. The molecule has 0 aromatic heterocycles. The molecule has 0 atom stereocenters. The van der Waals surface area contributed by atoms with Crippen molar-refractivity contribution in [3.63, 3.8) is 0 Å². The van der Waals surface area contributed by atoms with Crippen molar-refractivity contribution in [2.24, 2.45) is 0 Å². The van der Waals surface area contributed by atoms with Crippen LogP contribution >= 0.6 is 0 Å². The van der Waals surface area contributed by atoms with Gasteiger partial charge in [0.05, 0.1) is 24.3 Å². The van der Waals surface area contributed by atoms with Crippen LogP contribution in [0.15, 0.2) is 72.3 Å². The first kappa shape index (κ1) is 25.9. The van der Waals surface area contributed by atoms with E-state index in [1.54, 1.807) is 42.5 Å². The smallest absolute Gasteiger partial charge is 0.335 e. The number of carbonyl (C=O) groups is 3. The van der Waals surface area contributed by atoms with Crippen LogP contribution < -0.4 is 24.4 Å². The van der Waals surface area contributed by atoms with Gasteiger partial charge in [-0.3, -0.25) is 25.0 Å². The fourth-order valence-electron chi connectivity index (χ4n) is 3.71. The second kappa shape index (κ2) is 11.2. The van der Waals surface area contributed by atoms with E-state index in [-0.39, 0.29) is 29.3 Å². The van der Waals surface area contributed by atoms with Crippen LogP contribution in [-0.2, 0) is 16.2 Å².